The highest BCUT2D eigenvalue weighted by atomic mass is 32.2. The fourth-order valence-electron chi connectivity index (χ4n) is 9.56. The molecule has 3 fully saturated rings. The van der Waals surface area contributed by atoms with E-state index < -0.39 is 22.0 Å². The molecule has 1 aromatic heterocycles. The van der Waals surface area contributed by atoms with E-state index in [0.717, 1.165) is 71.9 Å². The first kappa shape index (κ1) is 46.8. The number of unbranched alkanes of at least 4 members (excludes halogenated alkanes) is 4. The van der Waals surface area contributed by atoms with Gasteiger partial charge < -0.3 is 35.5 Å². The number of likely N-dealkylation sites (tertiary alicyclic amines) is 1. The summed E-state index contributed by atoms with van der Waals surface area (Å²) in [5.74, 6) is -0.885. The summed E-state index contributed by atoms with van der Waals surface area (Å²) in [6, 6.07) is 18.5. The van der Waals surface area contributed by atoms with E-state index >= 15 is 0 Å². The number of rotatable bonds is 19. The van der Waals surface area contributed by atoms with Crippen LogP contribution in [0.25, 0.3) is 22.0 Å². The molecule has 5 amide bonds. The topological polar surface area (TPSA) is 205 Å². The van der Waals surface area contributed by atoms with Gasteiger partial charge in [-0.2, -0.15) is 0 Å². The van der Waals surface area contributed by atoms with E-state index in [9.17, 15) is 32.4 Å². The molecule has 1 unspecified atom stereocenters. The monoisotopic (exact) mass is 938 g/mol. The van der Waals surface area contributed by atoms with E-state index in [1.165, 1.54) is 4.90 Å². The van der Waals surface area contributed by atoms with Crippen molar-refractivity contribution in [3.05, 3.63) is 89.1 Å². The van der Waals surface area contributed by atoms with Crippen LogP contribution in [0.15, 0.2) is 66.9 Å². The van der Waals surface area contributed by atoms with Crippen LogP contribution in [0.4, 0.5) is 0 Å². The fourth-order valence-corrected chi connectivity index (χ4v) is 11.3. The van der Waals surface area contributed by atoms with Crippen LogP contribution in [-0.4, -0.2) is 120 Å². The van der Waals surface area contributed by atoms with Crippen LogP contribution in [0.1, 0.15) is 90.9 Å². The van der Waals surface area contributed by atoms with Gasteiger partial charge in [-0.25, -0.2) is 12.7 Å². The lowest BCUT2D eigenvalue weighted by molar-refractivity contribution is -0.137. The maximum absolute atomic E-state index is 13.5. The molecule has 4 aromatic rings. The van der Waals surface area contributed by atoms with Crippen LogP contribution in [-0.2, 0) is 42.3 Å². The zero-order valence-electron chi connectivity index (χ0n) is 37.3. The van der Waals surface area contributed by atoms with E-state index in [1.807, 2.05) is 31.3 Å². The zero-order chi connectivity index (χ0) is 46.5. The number of benzene rings is 3. The van der Waals surface area contributed by atoms with Gasteiger partial charge in [-0.15, -0.1) is 0 Å². The summed E-state index contributed by atoms with van der Waals surface area (Å²) in [6.45, 7) is 3.19. The van der Waals surface area contributed by atoms with Gasteiger partial charge in [0, 0.05) is 91.1 Å². The Morgan fingerprint density at radius 2 is 1.67 bits per heavy atom. The second-order valence-corrected chi connectivity index (χ2v) is 20.4. The summed E-state index contributed by atoms with van der Waals surface area (Å²) in [6.07, 6.45) is 7.63. The number of nitrogens with one attached hydrogen (secondary N) is 3. The van der Waals surface area contributed by atoms with Crippen molar-refractivity contribution in [2.75, 3.05) is 52.1 Å². The SMILES string of the molecule is CN1CC(C(=O)NCc2ccc3c(-c4cccc(C(N)=S)c4)cn(C4CCN(S(=O)(=O)CCCCCCCNC(=O)COc5cccc6c5CN(C5CCC(=O)NC5=O)C6=O)CC4)c3c2)C1. The third kappa shape index (κ3) is 10.6. The van der Waals surface area contributed by atoms with Gasteiger partial charge in [-0.05, 0) is 74.5 Å². The number of amides is 5. The summed E-state index contributed by atoms with van der Waals surface area (Å²) in [5, 5.41) is 9.33. The van der Waals surface area contributed by atoms with Crippen LogP contribution in [0.3, 0.4) is 0 Å². The summed E-state index contributed by atoms with van der Waals surface area (Å²) >= 11 is 5.28. The number of nitrogens with two attached hydrogens (primary N) is 1. The average Bonchev–Trinajstić information content (AvgIpc) is 3.85. The number of aromatic nitrogens is 1. The zero-order valence-corrected chi connectivity index (χ0v) is 38.9. The quantitative estimate of drug-likeness (QED) is 0.0601. The number of carbonyl (C=O) groups is 5. The molecule has 66 heavy (non-hydrogen) atoms. The normalized spacial score (nSPS) is 18.5. The lowest BCUT2D eigenvalue weighted by Crippen LogP contribution is -2.52. The molecule has 4 aliphatic heterocycles. The molecular formula is C48H58N8O8S2. The van der Waals surface area contributed by atoms with Crippen molar-refractivity contribution in [1.82, 2.24) is 34.6 Å². The Hall–Kier alpha value is -5.69. The first-order chi connectivity index (χ1) is 31.8. The number of piperidine rings is 2. The summed E-state index contributed by atoms with van der Waals surface area (Å²) in [7, 11) is -1.43. The lowest BCUT2D eigenvalue weighted by atomic mass is 10.00. The number of ether oxygens (including phenoxy) is 1. The second-order valence-electron chi connectivity index (χ2n) is 17.9. The molecular weight excluding hydrogens is 881 g/mol. The van der Waals surface area contributed by atoms with Gasteiger partial charge >= 0.3 is 0 Å². The third-order valence-electron chi connectivity index (χ3n) is 13.3. The molecule has 0 bridgehead atoms. The van der Waals surface area contributed by atoms with Crippen LogP contribution in [0.2, 0.25) is 0 Å². The fraction of sp³-hybridized carbons (Fsp3) is 0.458. The molecule has 16 nitrogen and oxygen atoms in total. The number of nitrogens with zero attached hydrogens (tertiary/aromatic N) is 4. The molecule has 5 heterocycles. The summed E-state index contributed by atoms with van der Waals surface area (Å²) < 4.78 is 36.7. The number of sulfonamides is 1. The van der Waals surface area contributed by atoms with Crippen molar-refractivity contribution in [2.24, 2.45) is 11.7 Å². The molecule has 3 saturated heterocycles. The number of carbonyl (C=O) groups excluding carboxylic acids is 5. The molecule has 0 radical (unpaired) electrons. The Labute approximate surface area is 390 Å². The first-order valence-corrected chi connectivity index (χ1v) is 24.9. The predicted molar refractivity (Wildman–Crippen MR) is 254 cm³/mol. The van der Waals surface area contributed by atoms with Gasteiger partial charge in [0.2, 0.25) is 27.7 Å². The minimum Gasteiger partial charge on any atom is -0.483 e. The molecule has 1 atom stereocenters. The molecule has 350 valence electrons. The Kier molecular flexibility index (Phi) is 14.5. The van der Waals surface area contributed by atoms with Gasteiger partial charge in [0.25, 0.3) is 11.8 Å². The molecule has 3 aromatic carbocycles. The minimum absolute atomic E-state index is 0.0155. The van der Waals surface area contributed by atoms with E-state index in [1.54, 1.807) is 22.5 Å². The van der Waals surface area contributed by atoms with Gasteiger partial charge in [0.15, 0.2) is 6.61 Å². The minimum atomic E-state index is -3.44. The number of fused-ring (bicyclic) bond motifs is 2. The van der Waals surface area contributed by atoms with Gasteiger partial charge in [-0.1, -0.05) is 67.9 Å². The Morgan fingerprint density at radius 1 is 0.909 bits per heavy atom. The smallest absolute Gasteiger partial charge is 0.257 e. The van der Waals surface area contributed by atoms with Crippen LogP contribution >= 0.6 is 12.2 Å². The van der Waals surface area contributed by atoms with Crippen molar-refractivity contribution in [2.45, 2.75) is 83.0 Å². The number of hydrogen-bond donors (Lipinski definition) is 4. The standard InChI is InChI=1S/C48H58N8O8S2/c1-53-26-34(27-53)46(59)51-25-31-13-14-36-38(32-9-7-10-33(24-32)45(49)65)28-55(41(36)23-31)35-17-20-54(21-18-35)66(62,63)22-6-4-2-3-5-19-50-44(58)30-64-42-12-8-11-37-39(42)29-56(48(37)61)40-15-16-43(57)52-47(40)60/h7-14,23-24,28,34-35,40H,2-6,15-22,25-27,29-30H2,1H3,(H2,49,65)(H,50,58)(H,51,59)(H,52,57,60). The molecule has 5 N–H and O–H groups in total. The predicted octanol–water partition coefficient (Wildman–Crippen LogP) is 3.99. The highest BCUT2D eigenvalue weighted by Crippen LogP contribution is 2.37. The average molecular weight is 939 g/mol. The van der Waals surface area contributed by atoms with Gasteiger partial charge in [0.1, 0.15) is 16.8 Å². The van der Waals surface area contributed by atoms with E-state index in [4.69, 9.17) is 22.7 Å². The molecule has 8 rings (SSSR count). The summed E-state index contributed by atoms with van der Waals surface area (Å²) in [5.41, 5.74) is 11.9. The maximum Gasteiger partial charge on any atom is 0.257 e. The highest BCUT2D eigenvalue weighted by Gasteiger charge is 2.40. The van der Waals surface area contributed by atoms with Crippen LogP contribution in [0, 0.1) is 5.92 Å². The van der Waals surface area contributed by atoms with E-state index in [0.29, 0.717) is 67.3 Å². The summed E-state index contributed by atoms with van der Waals surface area (Å²) in [4.78, 5) is 66.4. The Balaban J connectivity index is 0.770. The van der Waals surface area contributed by atoms with Crippen molar-refractivity contribution in [1.29, 1.82) is 0 Å². The number of hydrogen-bond acceptors (Lipinski definition) is 10. The molecule has 0 saturated carbocycles. The molecule has 4 aliphatic rings. The Bertz CT molecular complexity index is 2640. The second kappa shape index (κ2) is 20.4. The maximum atomic E-state index is 13.5. The third-order valence-corrected chi connectivity index (χ3v) is 15.5. The lowest BCUT2D eigenvalue weighted by Gasteiger charge is -2.34. The van der Waals surface area contributed by atoms with Crippen molar-refractivity contribution in [3.8, 4) is 16.9 Å². The molecule has 18 heteroatoms. The van der Waals surface area contributed by atoms with Gasteiger partial charge in [-0.3, -0.25) is 29.3 Å². The highest BCUT2D eigenvalue weighted by molar-refractivity contribution is 7.89. The Morgan fingerprint density at radius 3 is 2.42 bits per heavy atom. The molecule has 0 spiro atoms. The van der Waals surface area contributed by atoms with Crippen molar-refractivity contribution >= 4 is 67.7 Å². The molecule has 0 aliphatic carbocycles. The number of thiocarbonyl (C=S) groups is 1. The van der Waals surface area contributed by atoms with Crippen molar-refractivity contribution < 1.29 is 37.1 Å². The van der Waals surface area contributed by atoms with E-state index in [2.05, 4.69) is 49.8 Å². The number of imide groups is 1. The largest absolute Gasteiger partial charge is 0.483 e. The van der Waals surface area contributed by atoms with Crippen LogP contribution in [0.5, 0.6) is 5.75 Å². The first-order valence-electron chi connectivity index (χ1n) is 22.9. The van der Waals surface area contributed by atoms with Crippen molar-refractivity contribution in [3.63, 3.8) is 0 Å². The van der Waals surface area contributed by atoms with Crippen LogP contribution < -0.4 is 26.4 Å². The van der Waals surface area contributed by atoms with E-state index in [-0.39, 0.29) is 67.3 Å². The van der Waals surface area contributed by atoms with Gasteiger partial charge in [0.05, 0.1) is 18.2 Å².